The van der Waals surface area contributed by atoms with Crippen LogP contribution in [0.2, 0.25) is 0 Å². The number of hydrogen-bond acceptors (Lipinski definition) is 5. The minimum absolute atomic E-state index is 0.0301. The molecule has 0 bridgehead atoms. The zero-order valence-electron chi connectivity index (χ0n) is 18.9. The lowest BCUT2D eigenvalue weighted by atomic mass is 10.1. The van der Waals surface area contributed by atoms with Crippen molar-refractivity contribution < 1.29 is 24.5 Å². The van der Waals surface area contributed by atoms with Crippen LogP contribution in [-0.2, 0) is 27.2 Å². The first kappa shape index (κ1) is 25.5. The van der Waals surface area contributed by atoms with E-state index in [0.29, 0.717) is 31.5 Å². The smallest absolute Gasteiger partial charge is 0.328 e. The number of imidazole rings is 1. The topological polar surface area (TPSA) is 114 Å². The number of ether oxygens (including phenoxy) is 2. The van der Waals surface area contributed by atoms with Gasteiger partial charge in [-0.15, -0.1) is 0 Å². The highest BCUT2D eigenvalue weighted by atomic mass is 16.7. The summed E-state index contributed by atoms with van der Waals surface area (Å²) in [6, 6.07) is 0. The van der Waals surface area contributed by atoms with E-state index in [1.165, 1.54) is 0 Å². The lowest BCUT2D eigenvalue weighted by molar-refractivity contribution is -0.191. The van der Waals surface area contributed by atoms with Crippen LogP contribution in [0.1, 0.15) is 96.1 Å². The Kier molecular flexibility index (Phi) is 11.7. The van der Waals surface area contributed by atoms with Crippen LogP contribution in [0.3, 0.4) is 0 Å². The van der Waals surface area contributed by atoms with E-state index in [2.05, 4.69) is 11.9 Å². The molecular formula is C23H40N2O6. The van der Waals surface area contributed by atoms with E-state index < -0.39 is 5.97 Å². The van der Waals surface area contributed by atoms with Crippen LogP contribution in [-0.4, -0.2) is 44.7 Å². The van der Waals surface area contributed by atoms with Gasteiger partial charge in [-0.05, 0) is 51.4 Å². The number of unbranched alkanes of at least 4 members (excludes halogenated alkanes) is 5. The van der Waals surface area contributed by atoms with Crippen LogP contribution >= 0.6 is 0 Å². The fraction of sp³-hybridized carbons (Fsp3) is 0.826. The molecule has 8 heteroatoms. The number of carboxylic acids is 1. The Labute approximate surface area is 185 Å². The molecule has 178 valence electrons. The number of H-pyrrole nitrogens is 1. The molecule has 2 rings (SSSR count). The molecule has 0 amide bonds. The molecule has 1 aromatic heterocycles. The third-order valence-electron chi connectivity index (χ3n) is 5.91. The Hall–Kier alpha value is -1.80. The van der Waals surface area contributed by atoms with Crippen molar-refractivity contribution in [2.45, 2.75) is 116 Å². The fourth-order valence-corrected chi connectivity index (χ4v) is 4.11. The molecule has 2 atom stereocenters. The standard InChI is InChI=1S/C23H40N2O6/c1-2-3-6-11-18(31-21-14-9-10-17-30-21)15-16-25-19(22(28)24-23(25)29)12-7-4-5-8-13-20(26)27/h18,21,28H,2-17H2,1H3,(H,24,29)(H,26,27). The number of aliphatic carboxylic acids is 1. The summed E-state index contributed by atoms with van der Waals surface area (Å²) in [5.74, 6) is -0.832. The van der Waals surface area contributed by atoms with Gasteiger partial charge in [0.25, 0.3) is 0 Å². The molecule has 0 radical (unpaired) electrons. The van der Waals surface area contributed by atoms with Crippen LogP contribution in [0.15, 0.2) is 4.79 Å². The summed E-state index contributed by atoms with van der Waals surface area (Å²) in [6.07, 6.45) is 12.0. The van der Waals surface area contributed by atoms with Gasteiger partial charge in [0.05, 0.1) is 11.8 Å². The van der Waals surface area contributed by atoms with E-state index in [9.17, 15) is 14.7 Å². The van der Waals surface area contributed by atoms with Crippen molar-refractivity contribution in [2.75, 3.05) is 6.61 Å². The number of carboxylic acid groups (broad SMARTS) is 1. The molecule has 8 nitrogen and oxygen atoms in total. The van der Waals surface area contributed by atoms with Crippen LogP contribution in [0, 0.1) is 0 Å². The predicted octanol–water partition coefficient (Wildman–Crippen LogP) is 4.34. The molecule has 31 heavy (non-hydrogen) atoms. The summed E-state index contributed by atoms with van der Waals surface area (Å²) in [5.41, 5.74) is 0.337. The molecular weight excluding hydrogens is 400 g/mol. The highest BCUT2D eigenvalue weighted by Crippen LogP contribution is 2.22. The molecule has 1 fully saturated rings. The summed E-state index contributed by atoms with van der Waals surface area (Å²) in [5, 5.41) is 18.9. The average Bonchev–Trinajstić information content (AvgIpc) is 3.01. The van der Waals surface area contributed by atoms with Crippen molar-refractivity contribution in [1.82, 2.24) is 9.55 Å². The Morgan fingerprint density at radius 3 is 2.71 bits per heavy atom. The minimum Gasteiger partial charge on any atom is -0.493 e. The van der Waals surface area contributed by atoms with Gasteiger partial charge in [0, 0.05) is 19.6 Å². The van der Waals surface area contributed by atoms with E-state index in [1.54, 1.807) is 4.57 Å². The monoisotopic (exact) mass is 440 g/mol. The number of rotatable bonds is 16. The molecule has 2 unspecified atom stereocenters. The summed E-state index contributed by atoms with van der Waals surface area (Å²) in [6.45, 7) is 3.41. The van der Waals surface area contributed by atoms with Crippen molar-refractivity contribution in [3.63, 3.8) is 0 Å². The minimum atomic E-state index is -0.772. The van der Waals surface area contributed by atoms with Gasteiger partial charge in [-0.2, -0.15) is 0 Å². The first-order chi connectivity index (χ1) is 15.0. The number of nitrogens with one attached hydrogen (secondary N) is 1. The van der Waals surface area contributed by atoms with Crippen LogP contribution < -0.4 is 5.69 Å². The summed E-state index contributed by atoms with van der Waals surface area (Å²) < 4.78 is 13.6. The van der Waals surface area contributed by atoms with Crippen molar-refractivity contribution in [2.24, 2.45) is 0 Å². The van der Waals surface area contributed by atoms with Crippen molar-refractivity contribution >= 4 is 5.97 Å². The number of hydrogen-bond donors (Lipinski definition) is 3. The van der Waals surface area contributed by atoms with E-state index in [-0.39, 0.29) is 30.4 Å². The first-order valence-corrected chi connectivity index (χ1v) is 12.0. The predicted molar refractivity (Wildman–Crippen MR) is 118 cm³/mol. The maximum atomic E-state index is 12.4. The second-order valence-corrected chi connectivity index (χ2v) is 8.52. The molecule has 0 spiro atoms. The Bertz CT molecular complexity index is 693. The van der Waals surface area contributed by atoms with Gasteiger partial charge in [0.2, 0.25) is 5.88 Å². The Balaban J connectivity index is 1.88. The first-order valence-electron chi connectivity index (χ1n) is 12.0. The van der Waals surface area contributed by atoms with E-state index >= 15 is 0 Å². The Morgan fingerprint density at radius 1 is 1.19 bits per heavy atom. The molecule has 1 saturated heterocycles. The van der Waals surface area contributed by atoms with Crippen LogP contribution in [0.4, 0.5) is 0 Å². The summed E-state index contributed by atoms with van der Waals surface area (Å²) in [7, 11) is 0. The molecule has 1 aliphatic heterocycles. The van der Waals surface area contributed by atoms with Gasteiger partial charge in [-0.3, -0.25) is 14.3 Å². The van der Waals surface area contributed by atoms with Gasteiger partial charge in [0.15, 0.2) is 6.29 Å². The number of nitrogens with zero attached hydrogens (tertiary/aromatic N) is 1. The van der Waals surface area contributed by atoms with Crippen LogP contribution in [0.5, 0.6) is 5.88 Å². The van der Waals surface area contributed by atoms with Crippen molar-refractivity contribution in [1.29, 1.82) is 0 Å². The van der Waals surface area contributed by atoms with E-state index in [0.717, 1.165) is 70.8 Å². The summed E-state index contributed by atoms with van der Waals surface area (Å²) in [4.78, 5) is 25.5. The Morgan fingerprint density at radius 2 is 2.00 bits per heavy atom. The number of aromatic amines is 1. The van der Waals surface area contributed by atoms with Gasteiger partial charge in [-0.25, -0.2) is 4.79 Å². The molecule has 0 aliphatic carbocycles. The highest BCUT2D eigenvalue weighted by molar-refractivity contribution is 5.66. The second-order valence-electron chi connectivity index (χ2n) is 8.52. The maximum Gasteiger partial charge on any atom is 0.328 e. The lowest BCUT2D eigenvalue weighted by Crippen LogP contribution is -2.30. The molecule has 3 N–H and O–H groups in total. The maximum absolute atomic E-state index is 12.4. The third kappa shape index (κ3) is 9.47. The number of aromatic nitrogens is 2. The molecule has 0 saturated carbocycles. The average molecular weight is 441 g/mol. The van der Waals surface area contributed by atoms with Crippen LogP contribution in [0.25, 0.3) is 0 Å². The zero-order valence-corrected chi connectivity index (χ0v) is 18.9. The molecule has 2 heterocycles. The van der Waals surface area contributed by atoms with E-state index in [4.69, 9.17) is 14.6 Å². The number of carbonyl (C=O) groups is 1. The quantitative estimate of drug-likeness (QED) is 0.330. The molecule has 0 aromatic carbocycles. The van der Waals surface area contributed by atoms with E-state index in [1.807, 2.05) is 0 Å². The zero-order chi connectivity index (χ0) is 22.5. The van der Waals surface area contributed by atoms with Crippen molar-refractivity contribution in [3.8, 4) is 5.88 Å². The normalized spacial score (nSPS) is 17.6. The van der Waals surface area contributed by atoms with Crippen molar-refractivity contribution in [3.05, 3.63) is 16.2 Å². The molecule has 1 aromatic rings. The van der Waals surface area contributed by atoms with Gasteiger partial charge < -0.3 is 19.7 Å². The fourth-order valence-electron chi connectivity index (χ4n) is 4.11. The lowest BCUT2D eigenvalue weighted by Gasteiger charge is -2.28. The highest BCUT2D eigenvalue weighted by Gasteiger charge is 2.21. The molecule has 1 aliphatic rings. The number of aromatic hydroxyl groups is 1. The second kappa shape index (κ2) is 14.3. The summed E-state index contributed by atoms with van der Waals surface area (Å²) >= 11 is 0. The van der Waals surface area contributed by atoms with Gasteiger partial charge in [-0.1, -0.05) is 39.0 Å². The largest absolute Gasteiger partial charge is 0.493 e. The van der Waals surface area contributed by atoms with Gasteiger partial charge >= 0.3 is 11.7 Å². The van der Waals surface area contributed by atoms with Gasteiger partial charge in [0.1, 0.15) is 0 Å². The SMILES string of the molecule is CCCCCC(CCn1c(CCCCCCC(=O)O)c(O)[nH]c1=O)OC1CCCCO1. The third-order valence-corrected chi connectivity index (χ3v) is 5.91.